The summed E-state index contributed by atoms with van der Waals surface area (Å²) >= 11 is 5.83. The molecule has 0 bridgehead atoms. The Morgan fingerprint density at radius 3 is 2.57 bits per heavy atom. The van der Waals surface area contributed by atoms with Gasteiger partial charge in [-0.1, -0.05) is 59.2 Å². The summed E-state index contributed by atoms with van der Waals surface area (Å²) in [4.78, 5) is 12.0. The minimum absolute atomic E-state index is 0.115. The van der Waals surface area contributed by atoms with Crippen LogP contribution in [0.15, 0.2) is 65.2 Å². The normalized spacial score (nSPS) is 10.5. The van der Waals surface area contributed by atoms with Crippen LogP contribution in [0.2, 0.25) is 5.02 Å². The number of halogens is 1. The maximum absolute atomic E-state index is 12.0. The first-order chi connectivity index (χ1) is 11.2. The molecule has 0 unspecified atom stereocenters. The van der Waals surface area contributed by atoms with E-state index in [2.05, 4.69) is 10.5 Å². The molecule has 3 aromatic rings. The summed E-state index contributed by atoms with van der Waals surface area (Å²) in [6.45, 7) is 0.454. The van der Waals surface area contributed by atoms with Gasteiger partial charge in [-0.2, -0.15) is 0 Å². The fourth-order valence-corrected chi connectivity index (χ4v) is 2.29. The van der Waals surface area contributed by atoms with Crippen molar-refractivity contribution in [3.8, 4) is 11.3 Å². The third-order valence-corrected chi connectivity index (χ3v) is 3.62. The zero-order valence-corrected chi connectivity index (χ0v) is 13.1. The van der Waals surface area contributed by atoms with Gasteiger partial charge in [0.15, 0.2) is 0 Å². The largest absolute Gasteiger partial charge is 0.360 e. The average Bonchev–Trinajstić information content (AvgIpc) is 3.04. The Hall–Kier alpha value is -2.59. The minimum Gasteiger partial charge on any atom is -0.360 e. The molecular formula is C18H15ClN2O2. The molecule has 0 saturated carbocycles. The smallest absolute Gasteiger partial charge is 0.227 e. The molecule has 116 valence electrons. The molecule has 1 heterocycles. The van der Waals surface area contributed by atoms with Gasteiger partial charge in [-0.15, -0.1) is 0 Å². The Kier molecular flexibility index (Phi) is 4.74. The number of carbonyl (C=O) groups excluding carboxylic acids is 1. The van der Waals surface area contributed by atoms with Crippen LogP contribution in [0, 0.1) is 0 Å². The molecule has 1 amide bonds. The maximum atomic E-state index is 12.0. The highest BCUT2D eigenvalue weighted by Gasteiger charge is 2.10. The van der Waals surface area contributed by atoms with Crippen LogP contribution < -0.4 is 5.32 Å². The van der Waals surface area contributed by atoms with Crippen molar-refractivity contribution in [1.29, 1.82) is 0 Å². The highest BCUT2D eigenvalue weighted by atomic mass is 35.5. The topological polar surface area (TPSA) is 55.1 Å². The van der Waals surface area contributed by atoms with Gasteiger partial charge in [0, 0.05) is 23.2 Å². The van der Waals surface area contributed by atoms with Gasteiger partial charge >= 0.3 is 0 Å². The minimum atomic E-state index is -0.115. The zero-order valence-electron chi connectivity index (χ0n) is 12.3. The molecule has 2 aromatic carbocycles. The number of amides is 1. The van der Waals surface area contributed by atoms with Gasteiger partial charge in [-0.3, -0.25) is 4.79 Å². The maximum Gasteiger partial charge on any atom is 0.227 e. The molecular weight excluding hydrogens is 312 g/mol. The molecule has 0 spiro atoms. The fraction of sp³-hybridized carbons (Fsp3) is 0.111. The number of carbonyl (C=O) groups is 1. The van der Waals surface area contributed by atoms with E-state index in [0.29, 0.717) is 17.3 Å². The molecule has 0 atom stereocenters. The first kappa shape index (κ1) is 15.3. The van der Waals surface area contributed by atoms with Crippen molar-refractivity contribution < 1.29 is 9.32 Å². The van der Waals surface area contributed by atoms with Gasteiger partial charge in [0.25, 0.3) is 0 Å². The van der Waals surface area contributed by atoms with Crippen LogP contribution in [-0.2, 0) is 17.8 Å². The Balaban J connectivity index is 1.56. The van der Waals surface area contributed by atoms with E-state index in [1.807, 2.05) is 42.5 Å². The zero-order chi connectivity index (χ0) is 16.1. The van der Waals surface area contributed by atoms with Crippen LogP contribution in [0.3, 0.4) is 0 Å². The molecule has 4 nitrogen and oxygen atoms in total. The number of hydrogen-bond donors (Lipinski definition) is 1. The number of hydrogen-bond acceptors (Lipinski definition) is 3. The van der Waals surface area contributed by atoms with Gasteiger partial charge in [0.1, 0.15) is 11.5 Å². The molecule has 23 heavy (non-hydrogen) atoms. The van der Waals surface area contributed by atoms with Crippen molar-refractivity contribution in [2.45, 2.75) is 13.0 Å². The van der Waals surface area contributed by atoms with E-state index in [1.54, 1.807) is 18.2 Å². The van der Waals surface area contributed by atoms with Crippen LogP contribution in [0.5, 0.6) is 0 Å². The van der Waals surface area contributed by atoms with Crippen molar-refractivity contribution in [3.63, 3.8) is 0 Å². The van der Waals surface area contributed by atoms with Crippen molar-refractivity contribution in [2.24, 2.45) is 0 Å². The van der Waals surface area contributed by atoms with E-state index in [9.17, 15) is 4.79 Å². The van der Waals surface area contributed by atoms with Crippen molar-refractivity contribution >= 4 is 17.5 Å². The second-order valence-electron chi connectivity index (χ2n) is 5.12. The molecule has 0 aliphatic carbocycles. The summed E-state index contributed by atoms with van der Waals surface area (Å²) < 4.78 is 5.23. The quantitative estimate of drug-likeness (QED) is 0.774. The predicted octanol–water partition coefficient (Wildman–Crippen LogP) is 3.85. The summed E-state index contributed by atoms with van der Waals surface area (Å²) in [5, 5.41) is 7.52. The summed E-state index contributed by atoms with van der Waals surface area (Å²) in [5.74, 6) is 0.424. The lowest BCUT2D eigenvalue weighted by molar-refractivity contribution is -0.120. The second kappa shape index (κ2) is 7.11. The Morgan fingerprint density at radius 1 is 1.09 bits per heavy atom. The van der Waals surface area contributed by atoms with E-state index in [1.165, 1.54) is 0 Å². The molecule has 0 saturated heterocycles. The van der Waals surface area contributed by atoms with Gasteiger partial charge < -0.3 is 9.84 Å². The van der Waals surface area contributed by atoms with Crippen LogP contribution >= 0.6 is 11.6 Å². The van der Waals surface area contributed by atoms with Crippen LogP contribution in [0.25, 0.3) is 11.3 Å². The van der Waals surface area contributed by atoms with Gasteiger partial charge in [-0.25, -0.2) is 0 Å². The Bertz CT molecular complexity index is 782. The van der Waals surface area contributed by atoms with Crippen LogP contribution in [0.4, 0.5) is 0 Å². The Labute approximate surface area is 139 Å². The molecule has 0 radical (unpaired) electrons. The van der Waals surface area contributed by atoms with E-state index in [0.717, 1.165) is 16.8 Å². The number of rotatable bonds is 5. The van der Waals surface area contributed by atoms with E-state index in [4.69, 9.17) is 16.1 Å². The van der Waals surface area contributed by atoms with Crippen LogP contribution in [0.1, 0.15) is 11.3 Å². The summed E-state index contributed by atoms with van der Waals surface area (Å²) in [6, 6.07) is 18.8. The summed E-state index contributed by atoms with van der Waals surface area (Å²) in [7, 11) is 0. The highest BCUT2D eigenvalue weighted by Crippen LogP contribution is 2.18. The van der Waals surface area contributed by atoms with Crippen molar-refractivity contribution in [2.75, 3.05) is 0 Å². The summed E-state index contributed by atoms with van der Waals surface area (Å²) in [6.07, 6.45) is 0.160. The first-order valence-corrected chi connectivity index (χ1v) is 7.60. The molecule has 5 heteroatoms. The van der Waals surface area contributed by atoms with E-state index in [-0.39, 0.29) is 12.3 Å². The van der Waals surface area contributed by atoms with Gasteiger partial charge in [-0.05, 0) is 17.7 Å². The third-order valence-electron chi connectivity index (χ3n) is 3.37. The summed E-state index contributed by atoms with van der Waals surface area (Å²) in [5.41, 5.74) is 2.68. The fourth-order valence-electron chi connectivity index (χ4n) is 2.16. The molecule has 0 aliphatic heterocycles. The van der Waals surface area contributed by atoms with Gasteiger partial charge in [0.2, 0.25) is 5.91 Å². The Morgan fingerprint density at radius 2 is 1.83 bits per heavy atom. The van der Waals surface area contributed by atoms with E-state index >= 15 is 0 Å². The van der Waals surface area contributed by atoms with Crippen molar-refractivity contribution in [3.05, 3.63) is 77.0 Å². The third kappa shape index (κ3) is 4.20. The SMILES string of the molecule is O=C(Cc1cc(-c2ccccc2)no1)NCc1ccc(Cl)cc1. The highest BCUT2D eigenvalue weighted by molar-refractivity contribution is 6.30. The molecule has 1 aromatic heterocycles. The lowest BCUT2D eigenvalue weighted by Crippen LogP contribution is -2.24. The molecule has 1 N–H and O–H groups in total. The second-order valence-corrected chi connectivity index (χ2v) is 5.56. The lowest BCUT2D eigenvalue weighted by atomic mass is 10.1. The average molecular weight is 327 g/mol. The van der Waals surface area contributed by atoms with Crippen LogP contribution in [-0.4, -0.2) is 11.1 Å². The number of nitrogens with one attached hydrogen (secondary N) is 1. The lowest BCUT2D eigenvalue weighted by Gasteiger charge is -2.04. The monoisotopic (exact) mass is 326 g/mol. The van der Waals surface area contributed by atoms with Crippen molar-refractivity contribution in [1.82, 2.24) is 10.5 Å². The first-order valence-electron chi connectivity index (χ1n) is 7.23. The number of nitrogens with zero attached hydrogens (tertiary/aromatic N) is 1. The number of aromatic nitrogens is 1. The molecule has 3 rings (SSSR count). The molecule has 0 fully saturated rings. The molecule has 0 aliphatic rings. The standard InChI is InChI=1S/C18H15ClN2O2/c19-15-8-6-13(7-9-15)12-20-18(22)11-16-10-17(21-23-16)14-4-2-1-3-5-14/h1-10H,11-12H2,(H,20,22). The predicted molar refractivity (Wildman–Crippen MR) is 88.9 cm³/mol. The van der Waals surface area contributed by atoms with Gasteiger partial charge in [0.05, 0.1) is 6.42 Å². The number of benzene rings is 2. The van der Waals surface area contributed by atoms with E-state index < -0.39 is 0 Å².